The Morgan fingerprint density at radius 2 is 2.00 bits per heavy atom. The van der Waals surface area contributed by atoms with Gasteiger partial charge >= 0.3 is 5.97 Å². The predicted molar refractivity (Wildman–Crippen MR) is 126 cm³/mol. The van der Waals surface area contributed by atoms with Crippen LogP contribution >= 0.6 is 11.6 Å². The zero-order chi connectivity index (χ0) is 21.8. The van der Waals surface area contributed by atoms with E-state index in [0.717, 1.165) is 44.2 Å². The Kier molecular flexibility index (Phi) is 5.58. The first-order valence-corrected chi connectivity index (χ1v) is 12.4. The first-order chi connectivity index (χ1) is 14.8. The molecule has 0 amide bonds. The summed E-state index contributed by atoms with van der Waals surface area (Å²) in [6, 6.07) is 6.12. The van der Waals surface area contributed by atoms with Gasteiger partial charge in [0.05, 0.1) is 5.92 Å². The lowest BCUT2D eigenvalue weighted by Gasteiger charge is -2.46. The molecule has 1 aromatic carbocycles. The van der Waals surface area contributed by atoms with Gasteiger partial charge in [-0.15, -0.1) is 0 Å². The highest BCUT2D eigenvalue weighted by molar-refractivity contribution is 6.30. The van der Waals surface area contributed by atoms with Gasteiger partial charge in [-0.1, -0.05) is 49.6 Å². The van der Waals surface area contributed by atoms with Crippen molar-refractivity contribution < 1.29 is 9.53 Å². The Balaban J connectivity index is 1.27. The van der Waals surface area contributed by atoms with E-state index in [4.69, 9.17) is 16.3 Å². The molecule has 31 heavy (non-hydrogen) atoms. The van der Waals surface area contributed by atoms with E-state index in [9.17, 15) is 4.79 Å². The minimum absolute atomic E-state index is 0.0179. The van der Waals surface area contributed by atoms with Crippen molar-refractivity contribution in [3.8, 4) is 0 Å². The number of hydrogen-bond donors (Lipinski definition) is 0. The SMILES string of the molecule is Cc1ccc(Cl)cc1N1CCN(C[C@@H]2C(=O)O[C@@H]3C[C@]4(C)CCC[C@H](C)C4=C[C@H]23)CC1. The summed E-state index contributed by atoms with van der Waals surface area (Å²) in [6.45, 7) is 11.6. The second-order valence-corrected chi connectivity index (χ2v) is 11.0. The zero-order valence-electron chi connectivity index (χ0n) is 19.1. The number of fused-ring (bicyclic) bond motifs is 2. The van der Waals surface area contributed by atoms with Gasteiger partial charge in [0, 0.05) is 49.4 Å². The van der Waals surface area contributed by atoms with E-state index in [-0.39, 0.29) is 29.3 Å². The number of allylic oxidation sites excluding steroid dienone is 1. The van der Waals surface area contributed by atoms with Crippen molar-refractivity contribution in [3.05, 3.63) is 40.4 Å². The monoisotopic (exact) mass is 442 g/mol. The van der Waals surface area contributed by atoms with Crippen molar-refractivity contribution in [2.24, 2.45) is 23.2 Å². The highest BCUT2D eigenvalue weighted by Crippen LogP contribution is 2.54. The van der Waals surface area contributed by atoms with Gasteiger partial charge in [-0.3, -0.25) is 9.69 Å². The summed E-state index contributed by atoms with van der Waals surface area (Å²) < 4.78 is 5.95. The maximum Gasteiger partial charge on any atom is 0.311 e. The van der Waals surface area contributed by atoms with Crippen LogP contribution in [0.15, 0.2) is 29.8 Å². The molecular formula is C26H35ClN2O2. The van der Waals surface area contributed by atoms with Crippen LogP contribution in [0.25, 0.3) is 0 Å². The molecule has 0 bridgehead atoms. The summed E-state index contributed by atoms with van der Waals surface area (Å²) in [6.07, 6.45) is 7.37. The number of esters is 1. The average molecular weight is 443 g/mol. The Morgan fingerprint density at radius 1 is 1.23 bits per heavy atom. The van der Waals surface area contributed by atoms with Crippen LogP contribution in [0.2, 0.25) is 5.02 Å². The normalized spacial score (nSPS) is 35.9. The molecule has 168 valence electrons. The molecular weight excluding hydrogens is 408 g/mol. The minimum Gasteiger partial charge on any atom is -0.461 e. The van der Waals surface area contributed by atoms with Crippen LogP contribution in [0.3, 0.4) is 0 Å². The molecule has 5 heteroatoms. The number of rotatable bonds is 3. The van der Waals surface area contributed by atoms with Crippen molar-refractivity contribution in [3.63, 3.8) is 0 Å². The van der Waals surface area contributed by atoms with Gasteiger partial charge in [-0.05, 0) is 55.2 Å². The van der Waals surface area contributed by atoms with E-state index < -0.39 is 0 Å². The molecule has 2 saturated heterocycles. The number of carbonyl (C=O) groups is 1. The number of ether oxygens (including phenoxy) is 1. The molecule has 5 atom stereocenters. The van der Waals surface area contributed by atoms with Gasteiger partial charge in [-0.25, -0.2) is 0 Å². The standard InChI is InChI=1S/C26H35ClN2O2/c1-17-5-4-8-26(3)15-24-20(14-22(17)26)21(25(30)31-24)16-28-9-11-29(12-10-28)23-13-19(27)7-6-18(23)2/h6-7,13-14,17,20-21,24H,4-5,8-12,15-16H2,1-3H3/t17-,20+,21-,24+,26-/m0/s1. The first-order valence-electron chi connectivity index (χ1n) is 12.0. The fourth-order valence-corrected chi connectivity index (χ4v) is 6.80. The summed E-state index contributed by atoms with van der Waals surface area (Å²) in [5.41, 5.74) is 4.33. The van der Waals surface area contributed by atoms with E-state index in [2.05, 4.69) is 48.8 Å². The first kappa shape index (κ1) is 21.3. The van der Waals surface area contributed by atoms with E-state index in [1.165, 1.54) is 30.5 Å². The van der Waals surface area contributed by atoms with Gasteiger partial charge < -0.3 is 9.64 Å². The number of hydrogen-bond acceptors (Lipinski definition) is 4. The number of aryl methyl sites for hydroxylation is 1. The highest BCUT2D eigenvalue weighted by Gasteiger charge is 2.52. The predicted octanol–water partition coefficient (Wildman–Crippen LogP) is 5.08. The van der Waals surface area contributed by atoms with Gasteiger partial charge in [0.15, 0.2) is 0 Å². The molecule has 2 aliphatic carbocycles. The summed E-state index contributed by atoms with van der Waals surface area (Å²) in [5.74, 6) is 0.898. The molecule has 1 saturated carbocycles. The number of piperazine rings is 1. The molecule has 5 rings (SSSR count). The molecule has 0 unspecified atom stereocenters. The molecule has 3 fully saturated rings. The topological polar surface area (TPSA) is 32.8 Å². The van der Waals surface area contributed by atoms with Crippen LogP contribution in [0.5, 0.6) is 0 Å². The van der Waals surface area contributed by atoms with Crippen LogP contribution < -0.4 is 4.90 Å². The maximum absolute atomic E-state index is 12.9. The number of halogens is 1. The van der Waals surface area contributed by atoms with Crippen LogP contribution in [-0.4, -0.2) is 49.7 Å². The Bertz CT molecular complexity index is 891. The van der Waals surface area contributed by atoms with E-state index in [1.54, 1.807) is 5.57 Å². The number of benzene rings is 1. The van der Waals surface area contributed by atoms with Crippen molar-refractivity contribution in [2.75, 3.05) is 37.6 Å². The van der Waals surface area contributed by atoms with Crippen molar-refractivity contribution >= 4 is 23.3 Å². The van der Waals surface area contributed by atoms with E-state index >= 15 is 0 Å². The van der Waals surface area contributed by atoms with Gasteiger partial charge in [0.25, 0.3) is 0 Å². The second-order valence-electron chi connectivity index (χ2n) is 10.6. The fourth-order valence-electron chi connectivity index (χ4n) is 6.63. The average Bonchev–Trinajstić information content (AvgIpc) is 3.02. The zero-order valence-corrected chi connectivity index (χ0v) is 19.8. The number of carbonyl (C=O) groups excluding carboxylic acids is 1. The third-order valence-electron chi connectivity index (χ3n) is 8.42. The Labute approximate surface area is 191 Å². The quantitative estimate of drug-likeness (QED) is 0.482. The van der Waals surface area contributed by atoms with Crippen molar-refractivity contribution in [2.45, 2.75) is 52.6 Å². The smallest absolute Gasteiger partial charge is 0.311 e. The maximum atomic E-state index is 12.9. The molecule has 1 aromatic rings. The summed E-state index contributed by atoms with van der Waals surface area (Å²) in [7, 11) is 0. The van der Waals surface area contributed by atoms with Crippen LogP contribution in [0.4, 0.5) is 5.69 Å². The Hall–Kier alpha value is -1.52. The fraction of sp³-hybridized carbons (Fsp3) is 0.654. The molecule has 0 N–H and O–H groups in total. The summed E-state index contributed by atoms with van der Waals surface area (Å²) in [4.78, 5) is 17.8. The van der Waals surface area contributed by atoms with E-state index in [1.807, 2.05) is 6.07 Å². The lowest BCUT2D eigenvalue weighted by Crippen LogP contribution is -2.49. The lowest BCUT2D eigenvalue weighted by molar-refractivity contribution is -0.145. The molecule has 0 radical (unpaired) electrons. The molecule has 0 spiro atoms. The number of anilines is 1. The van der Waals surface area contributed by atoms with E-state index in [0.29, 0.717) is 5.92 Å². The highest BCUT2D eigenvalue weighted by atomic mass is 35.5. The molecule has 0 aromatic heterocycles. The summed E-state index contributed by atoms with van der Waals surface area (Å²) >= 11 is 6.23. The van der Waals surface area contributed by atoms with Gasteiger partial charge in [-0.2, -0.15) is 0 Å². The summed E-state index contributed by atoms with van der Waals surface area (Å²) in [5, 5.41) is 0.789. The largest absolute Gasteiger partial charge is 0.461 e. The second kappa shape index (κ2) is 8.12. The van der Waals surface area contributed by atoms with Gasteiger partial charge in [0.1, 0.15) is 6.10 Å². The Morgan fingerprint density at radius 3 is 2.77 bits per heavy atom. The van der Waals surface area contributed by atoms with Crippen molar-refractivity contribution in [1.82, 2.24) is 4.90 Å². The minimum atomic E-state index is -0.0179. The molecule has 4 nitrogen and oxygen atoms in total. The molecule has 4 aliphatic rings. The van der Waals surface area contributed by atoms with Crippen molar-refractivity contribution in [1.29, 1.82) is 0 Å². The van der Waals surface area contributed by atoms with Crippen LogP contribution in [0, 0.1) is 30.1 Å². The molecule has 2 aliphatic heterocycles. The van der Waals surface area contributed by atoms with Crippen LogP contribution in [-0.2, 0) is 9.53 Å². The third-order valence-corrected chi connectivity index (χ3v) is 8.66. The lowest BCUT2D eigenvalue weighted by atomic mass is 9.59. The van der Waals surface area contributed by atoms with Crippen LogP contribution in [0.1, 0.15) is 45.1 Å². The van der Waals surface area contributed by atoms with Gasteiger partial charge in [0.2, 0.25) is 0 Å². The third kappa shape index (κ3) is 3.91. The molecule has 2 heterocycles. The number of nitrogens with zero attached hydrogens (tertiary/aromatic N) is 2.